The van der Waals surface area contributed by atoms with Gasteiger partial charge in [-0.2, -0.15) is 0 Å². The number of aromatic nitrogens is 1. The molecule has 2 heterocycles. The van der Waals surface area contributed by atoms with Gasteiger partial charge in [-0.05, 0) is 24.6 Å². The van der Waals surface area contributed by atoms with Gasteiger partial charge in [-0.3, -0.25) is 4.79 Å². The van der Waals surface area contributed by atoms with Crippen LogP contribution in [0, 0.1) is 0 Å². The maximum Gasteiger partial charge on any atom is 0.221 e. The van der Waals surface area contributed by atoms with E-state index in [-0.39, 0.29) is 11.9 Å². The number of hydrogen-bond donors (Lipinski definition) is 2. The number of amides is 1. The predicted molar refractivity (Wildman–Crippen MR) is 101 cm³/mol. The van der Waals surface area contributed by atoms with Crippen molar-refractivity contribution in [3.63, 3.8) is 0 Å². The van der Waals surface area contributed by atoms with Crippen molar-refractivity contribution in [2.75, 3.05) is 26.4 Å². The van der Waals surface area contributed by atoms with Gasteiger partial charge >= 0.3 is 0 Å². The lowest BCUT2D eigenvalue weighted by molar-refractivity contribution is -0.122. The summed E-state index contributed by atoms with van der Waals surface area (Å²) in [6.07, 6.45) is 2.10. The molecule has 3 rings (SSSR count). The quantitative estimate of drug-likeness (QED) is 0.741. The summed E-state index contributed by atoms with van der Waals surface area (Å²) in [7, 11) is 0. The lowest BCUT2D eigenvalue weighted by Crippen LogP contribution is -2.44. The standard InChI is InChI=1S/C20H25N3O4/c1-2-26-17-5-3-4-6-18(17)27-20-8-7-15(13-23-20)12-22-19(24)11-16-14-25-10-9-21-16/h3-8,13,16,21H,2,9-12,14H2,1H3,(H,22,24). The number of rotatable bonds is 8. The Morgan fingerprint density at radius 2 is 2.15 bits per heavy atom. The minimum absolute atomic E-state index is 0.0102. The summed E-state index contributed by atoms with van der Waals surface area (Å²) in [5.41, 5.74) is 0.904. The normalized spacial score (nSPS) is 16.6. The molecular weight excluding hydrogens is 346 g/mol. The number of nitrogens with zero attached hydrogens (tertiary/aromatic N) is 1. The van der Waals surface area contributed by atoms with Crippen LogP contribution in [0.4, 0.5) is 0 Å². The summed E-state index contributed by atoms with van der Waals surface area (Å²) in [6, 6.07) is 11.2. The van der Waals surface area contributed by atoms with Crippen LogP contribution in [0.1, 0.15) is 18.9 Å². The molecule has 1 aliphatic rings. The molecule has 1 aromatic carbocycles. The number of hydrogen-bond acceptors (Lipinski definition) is 6. The van der Waals surface area contributed by atoms with Crippen LogP contribution in [0.25, 0.3) is 0 Å². The van der Waals surface area contributed by atoms with Gasteiger partial charge in [0, 0.05) is 37.8 Å². The topological polar surface area (TPSA) is 81.7 Å². The van der Waals surface area contributed by atoms with Gasteiger partial charge in [0.15, 0.2) is 11.5 Å². The molecular formula is C20H25N3O4. The Labute approximate surface area is 159 Å². The number of pyridine rings is 1. The zero-order valence-corrected chi connectivity index (χ0v) is 15.4. The molecule has 1 amide bonds. The molecule has 1 aromatic heterocycles. The van der Waals surface area contributed by atoms with Crippen LogP contribution in [0.5, 0.6) is 17.4 Å². The van der Waals surface area contributed by atoms with E-state index in [0.29, 0.717) is 50.2 Å². The summed E-state index contributed by atoms with van der Waals surface area (Å²) in [5.74, 6) is 1.76. The summed E-state index contributed by atoms with van der Waals surface area (Å²) >= 11 is 0. The van der Waals surface area contributed by atoms with Crippen LogP contribution in [-0.4, -0.2) is 43.3 Å². The molecule has 0 saturated carbocycles. The van der Waals surface area contributed by atoms with Crippen LogP contribution >= 0.6 is 0 Å². The van der Waals surface area contributed by atoms with Crippen molar-refractivity contribution in [3.8, 4) is 17.4 Å². The highest BCUT2D eigenvalue weighted by molar-refractivity contribution is 5.76. The van der Waals surface area contributed by atoms with Crippen LogP contribution < -0.4 is 20.1 Å². The number of carbonyl (C=O) groups is 1. The Kier molecular flexibility index (Phi) is 7.01. The Morgan fingerprint density at radius 3 is 2.85 bits per heavy atom. The van der Waals surface area contributed by atoms with Crippen molar-refractivity contribution in [2.24, 2.45) is 0 Å². The minimum atomic E-state index is -0.0102. The van der Waals surface area contributed by atoms with Crippen molar-refractivity contribution in [1.29, 1.82) is 0 Å². The molecule has 2 N–H and O–H groups in total. The van der Waals surface area contributed by atoms with Gasteiger partial charge in [-0.25, -0.2) is 4.98 Å². The fourth-order valence-corrected chi connectivity index (χ4v) is 2.75. The third-order valence-electron chi connectivity index (χ3n) is 4.08. The predicted octanol–water partition coefficient (Wildman–Crippen LogP) is 2.27. The van der Waals surface area contributed by atoms with E-state index in [0.717, 1.165) is 12.1 Å². The van der Waals surface area contributed by atoms with E-state index in [2.05, 4.69) is 15.6 Å². The molecule has 1 unspecified atom stereocenters. The second-order valence-electron chi connectivity index (χ2n) is 6.19. The number of morpholine rings is 1. The SMILES string of the molecule is CCOc1ccccc1Oc1ccc(CNC(=O)CC2COCCN2)cn1. The Hall–Kier alpha value is -2.64. The van der Waals surface area contributed by atoms with Gasteiger partial charge in [-0.1, -0.05) is 18.2 Å². The molecule has 7 heteroatoms. The van der Waals surface area contributed by atoms with E-state index < -0.39 is 0 Å². The summed E-state index contributed by atoms with van der Waals surface area (Å²) in [6.45, 7) is 4.98. The molecule has 144 valence electrons. The van der Waals surface area contributed by atoms with Crippen LogP contribution in [-0.2, 0) is 16.1 Å². The lowest BCUT2D eigenvalue weighted by Gasteiger charge is -2.23. The fourth-order valence-electron chi connectivity index (χ4n) is 2.75. The second kappa shape index (κ2) is 9.89. The Balaban J connectivity index is 1.49. The molecule has 0 spiro atoms. The van der Waals surface area contributed by atoms with Crippen molar-refractivity contribution < 1.29 is 19.0 Å². The number of ether oxygens (including phenoxy) is 3. The first-order valence-corrected chi connectivity index (χ1v) is 9.17. The average molecular weight is 371 g/mol. The molecule has 1 aliphatic heterocycles. The zero-order valence-electron chi connectivity index (χ0n) is 15.4. The smallest absolute Gasteiger partial charge is 0.221 e. The van der Waals surface area contributed by atoms with Crippen LogP contribution in [0.3, 0.4) is 0 Å². The first-order chi connectivity index (χ1) is 13.2. The molecule has 1 saturated heterocycles. The molecule has 27 heavy (non-hydrogen) atoms. The average Bonchev–Trinajstić information content (AvgIpc) is 2.70. The monoisotopic (exact) mass is 371 g/mol. The molecule has 0 aliphatic carbocycles. The van der Waals surface area contributed by atoms with Crippen molar-refractivity contribution >= 4 is 5.91 Å². The van der Waals surface area contributed by atoms with E-state index in [4.69, 9.17) is 14.2 Å². The van der Waals surface area contributed by atoms with E-state index in [1.54, 1.807) is 12.3 Å². The maximum atomic E-state index is 12.0. The highest BCUT2D eigenvalue weighted by atomic mass is 16.5. The van der Waals surface area contributed by atoms with E-state index in [9.17, 15) is 4.79 Å². The summed E-state index contributed by atoms with van der Waals surface area (Å²) in [4.78, 5) is 16.3. The number of benzene rings is 1. The number of carbonyl (C=O) groups excluding carboxylic acids is 1. The third-order valence-corrected chi connectivity index (χ3v) is 4.08. The van der Waals surface area contributed by atoms with Crippen molar-refractivity contribution in [3.05, 3.63) is 48.2 Å². The molecule has 7 nitrogen and oxygen atoms in total. The molecule has 1 fully saturated rings. The Bertz CT molecular complexity index is 730. The van der Waals surface area contributed by atoms with Crippen molar-refractivity contribution in [2.45, 2.75) is 25.9 Å². The number of para-hydroxylation sites is 2. The van der Waals surface area contributed by atoms with E-state index >= 15 is 0 Å². The van der Waals surface area contributed by atoms with Crippen LogP contribution in [0.2, 0.25) is 0 Å². The summed E-state index contributed by atoms with van der Waals surface area (Å²) in [5, 5.41) is 6.17. The van der Waals surface area contributed by atoms with Crippen LogP contribution in [0.15, 0.2) is 42.6 Å². The highest BCUT2D eigenvalue weighted by Gasteiger charge is 2.16. The summed E-state index contributed by atoms with van der Waals surface area (Å²) < 4.78 is 16.7. The van der Waals surface area contributed by atoms with Gasteiger partial charge in [0.1, 0.15) is 0 Å². The molecule has 2 aromatic rings. The number of nitrogens with one attached hydrogen (secondary N) is 2. The highest BCUT2D eigenvalue weighted by Crippen LogP contribution is 2.30. The molecule has 0 radical (unpaired) electrons. The van der Waals surface area contributed by atoms with E-state index in [1.165, 1.54) is 0 Å². The molecule has 1 atom stereocenters. The first-order valence-electron chi connectivity index (χ1n) is 9.17. The Morgan fingerprint density at radius 1 is 1.30 bits per heavy atom. The maximum absolute atomic E-state index is 12.0. The molecule has 0 bridgehead atoms. The van der Waals surface area contributed by atoms with Gasteiger partial charge in [0.2, 0.25) is 11.8 Å². The van der Waals surface area contributed by atoms with E-state index in [1.807, 2.05) is 37.3 Å². The first kappa shape index (κ1) is 19.1. The fraction of sp³-hybridized carbons (Fsp3) is 0.400. The van der Waals surface area contributed by atoms with Crippen molar-refractivity contribution in [1.82, 2.24) is 15.6 Å². The van der Waals surface area contributed by atoms with Gasteiger partial charge in [0.25, 0.3) is 0 Å². The third kappa shape index (κ3) is 5.94. The lowest BCUT2D eigenvalue weighted by atomic mass is 10.2. The second-order valence-corrected chi connectivity index (χ2v) is 6.19. The zero-order chi connectivity index (χ0) is 18.9. The van der Waals surface area contributed by atoms with Gasteiger partial charge in [-0.15, -0.1) is 0 Å². The minimum Gasteiger partial charge on any atom is -0.490 e. The van der Waals surface area contributed by atoms with Gasteiger partial charge in [0.05, 0.1) is 19.8 Å². The largest absolute Gasteiger partial charge is 0.490 e. The van der Waals surface area contributed by atoms with Gasteiger partial charge < -0.3 is 24.8 Å².